The van der Waals surface area contributed by atoms with Crippen LogP contribution >= 0.6 is 0 Å². The normalized spacial score (nSPS) is 12.4. The summed E-state index contributed by atoms with van der Waals surface area (Å²) in [5, 5.41) is 8.83. The van der Waals surface area contributed by atoms with E-state index in [4.69, 9.17) is 9.84 Å². The van der Waals surface area contributed by atoms with Gasteiger partial charge in [0, 0.05) is 0 Å². The van der Waals surface area contributed by atoms with Gasteiger partial charge in [-0.1, -0.05) is 19.1 Å². The van der Waals surface area contributed by atoms with Crippen molar-refractivity contribution in [1.29, 1.82) is 0 Å². The summed E-state index contributed by atoms with van der Waals surface area (Å²) in [6.07, 6.45) is 2.02. The molecular weight excluding hydrogens is 204 g/mol. The molecule has 0 spiro atoms. The van der Waals surface area contributed by atoms with Crippen LogP contribution in [0.15, 0.2) is 24.3 Å². The minimum atomic E-state index is -0.885. The van der Waals surface area contributed by atoms with Crippen molar-refractivity contribution < 1.29 is 14.6 Å². The molecule has 0 amide bonds. The van der Waals surface area contributed by atoms with Crippen LogP contribution in [0, 0.1) is 0 Å². The maximum absolute atomic E-state index is 10.8. The molecule has 0 fully saturated rings. The van der Waals surface area contributed by atoms with E-state index in [9.17, 15) is 4.79 Å². The van der Waals surface area contributed by atoms with Crippen molar-refractivity contribution in [3.8, 4) is 0 Å². The first kappa shape index (κ1) is 12.7. The number of aromatic carboxylic acids is 1. The second-order valence-electron chi connectivity index (χ2n) is 3.85. The number of rotatable bonds is 6. The van der Waals surface area contributed by atoms with E-state index in [1.165, 1.54) is 0 Å². The first-order valence-electron chi connectivity index (χ1n) is 5.57. The fraction of sp³-hybridized carbons (Fsp3) is 0.462. The molecule has 0 aliphatic rings. The molecule has 0 bridgehead atoms. The van der Waals surface area contributed by atoms with E-state index < -0.39 is 5.97 Å². The number of ether oxygens (including phenoxy) is 1. The molecule has 0 aliphatic heterocycles. The third-order valence-corrected chi connectivity index (χ3v) is 2.54. The smallest absolute Gasteiger partial charge is 0.335 e. The van der Waals surface area contributed by atoms with Crippen molar-refractivity contribution in [3.63, 3.8) is 0 Å². The SMILES string of the molecule is CCC(C)OCCc1cccc(C(=O)O)c1. The molecule has 1 rings (SSSR count). The summed E-state index contributed by atoms with van der Waals surface area (Å²) in [5.41, 5.74) is 1.34. The predicted molar refractivity (Wildman–Crippen MR) is 62.8 cm³/mol. The Hall–Kier alpha value is -1.35. The van der Waals surface area contributed by atoms with Gasteiger partial charge in [-0.15, -0.1) is 0 Å². The zero-order valence-corrected chi connectivity index (χ0v) is 9.77. The van der Waals surface area contributed by atoms with Gasteiger partial charge in [0.25, 0.3) is 0 Å². The molecule has 1 aromatic rings. The summed E-state index contributed by atoms with van der Waals surface area (Å²) in [6, 6.07) is 6.98. The lowest BCUT2D eigenvalue weighted by Crippen LogP contribution is -2.09. The Morgan fingerprint density at radius 1 is 1.50 bits per heavy atom. The third kappa shape index (κ3) is 4.03. The highest BCUT2D eigenvalue weighted by Crippen LogP contribution is 2.07. The maximum atomic E-state index is 10.8. The first-order chi connectivity index (χ1) is 7.63. The molecule has 0 aliphatic carbocycles. The fourth-order valence-corrected chi connectivity index (χ4v) is 1.36. The van der Waals surface area contributed by atoms with Crippen LogP contribution < -0.4 is 0 Å². The standard InChI is InChI=1S/C13H18O3/c1-3-10(2)16-8-7-11-5-4-6-12(9-11)13(14)15/h4-6,9-10H,3,7-8H2,1-2H3,(H,14,15). The van der Waals surface area contributed by atoms with Crippen molar-refractivity contribution in [2.45, 2.75) is 32.8 Å². The molecule has 0 saturated heterocycles. The molecule has 1 atom stereocenters. The van der Waals surface area contributed by atoms with Gasteiger partial charge in [-0.2, -0.15) is 0 Å². The Bertz CT molecular complexity index is 347. The highest BCUT2D eigenvalue weighted by molar-refractivity contribution is 5.87. The fourth-order valence-electron chi connectivity index (χ4n) is 1.36. The third-order valence-electron chi connectivity index (χ3n) is 2.54. The molecule has 0 saturated carbocycles. The number of hydrogen-bond acceptors (Lipinski definition) is 2. The number of hydrogen-bond donors (Lipinski definition) is 1. The van der Waals surface area contributed by atoms with Gasteiger partial charge in [0.1, 0.15) is 0 Å². The molecule has 88 valence electrons. The van der Waals surface area contributed by atoms with Crippen LogP contribution in [0.3, 0.4) is 0 Å². The topological polar surface area (TPSA) is 46.5 Å². The van der Waals surface area contributed by atoms with Crippen molar-refractivity contribution >= 4 is 5.97 Å². The van der Waals surface area contributed by atoms with E-state index in [0.717, 1.165) is 18.4 Å². The first-order valence-corrected chi connectivity index (χ1v) is 5.57. The van der Waals surface area contributed by atoms with Gasteiger partial charge in [0.15, 0.2) is 0 Å². The monoisotopic (exact) mass is 222 g/mol. The average Bonchev–Trinajstić information content (AvgIpc) is 2.29. The van der Waals surface area contributed by atoms with Crippen molar-refractivity contribution in [2.75, 3.05) is 6.61 Å². The lowest BCUT2D eigenvalue weighted by molar-refractivity contribution is 0.0656. The van der Waals surface area contributed by atoms with Crippen molar-refractivity contribution in [3.05, 3.63) is 35.4 Å². The van der Waals surface area contributed by atoms with E-state index in [-0.39, 0.29) is 6.10 Å². The van der Waals surface area contributed by atoms with E-state index in [0.29, 0.717) is 12.2 Å². The largest absolute Gasteiger partial charge is 0.478 e. The molecular formula is C13H18O3. The van der Waals surface area contributed by atoms with Crippen LogP contribution in [0.5, 0.6) is 0 Å². The van der Waals surface area contributed by atoms with Gasteiger partial charge < -0.3 is 9.84 Å². The minimum Gasteiger partial charge on any atom is -0.478 e. The van der Waals surface area contributed by atoms with Gasteiger partial charge in [0.05, 0.1) is 18.3 Å². The molecule has 1 aromatic carbocycles. The predicted octanol–water partition coefficient (Wildman–Crippen LogP) is 2.74. The van der Waals surface area contributed by atoms with Gasteiger partial charge in [-0.05, 0) is 37.5 Å². The quantitative estimate of drug-likeness (QED) is 0.805. The molecule has 16 heavy (non-hydrogen) atoms. The van der Waals surface area contributed by atoms with E-state index in [1.54, 1.807) is 18.2 Å². The minimum absolute atomic E-state index is 0.266. The van der Waals surface area contributed by atoms with Crippen LogP contribution in [-0.2, 0) is 11.2 Å². The summed E-state index contributed by atoms with van der Waals surface area (Å²) >= 11 is 0. The maximum Gasteiger partial charge on any atom is 0.335 e. The number of carboxylic acid groups (broad SMARTS) is 1. The molecule has 3 nitrogen and oxygen atoms in total. The molecule has 0 radical (unpaired) electrons. The summed E-state index contributed by atoms with van der Waals surface area (Å²) in [6.45, 7) is 4.75. The van der Waals surface area contributed by atoms with Gasteiger partial charge in [0.2, 0.25) is 0 Å². The molecule has 0 heterocycles. The Morgan fingerprint density at radius 3 is 2.88 bits per heavy atom. The van der Waals surface area contributed by atoms with Crippen molar-refractivity contribution in [2.24, 2.45) is 0 Å². The molecule has 1 N–H and O–H groups in total. The summed E-state index contributed by atoms with van der Waals surface area (Å²) in [5.74, 6) is -0.885. The highest BCUT2D eigenvalue weighted by atomic mass is 16.5. The lowest BCUT2D eigenvalue weighted by atomic mass is 10.1. The van der Waals surface area contributed by atoms with Crippen LogP contribution in [0.2, 0.25) is 0 Å². The second-order valence-corrected chi connectivity index (χ2v) is 3.85. The Morgan fingerprint density at radius 2 is 2.25 bits per heavy atom. The van der Waals surface area contributed by atoms with Crippen LogP contribution in [0.1, 0.15) is 36.2 Å². The Labute approximate surface area is 96.1 Å². The number of carbonyl (C=O) groups is 1. The highest BCUT2D eigenvalue weighted by Gasteiger charge is 2.03. The van der Waals surface area contributed by atoms with Crippen LogP contribution in [-0.4, -0.2) is 23.8 Å². The molecule has 1 unspecified atom stereocenters. The lowest BCUT2D eigenvalue weighted by Gasteiger charge is -2.10. The zero-order chi connectivity index (χ0) is 12.0. The summed E-state index contributed by atoms with van der Waals surface area (Å²) in [7, 11) is 0. The second kappa shape index (κ2) is 6.28. The number of carboxylic acids is 1. The summed E-state index contributed by atoms with van der Waals surface area (Å²) < 4.78 is 5.55. The van der Waals surface area contributed by atoms with E-state index >= 15 is 0 Å². The van der Waals surface area contributed by atoms with Crippen LogP contribution in [0.4, 0.5) is 0 Å². The average molecular weight is 222 g/mol. The summed E-state index contributed by atoms with van der Waals surface area (Å²) in [4.78, 5) is 10.8. The van der Waals surface area contributed by atoms with E-state index in [2.05, 4.69) is 6.92 Å². The van der Waals surface area contributed by atoms with Gasteiger partial charge in [-0.3, -0.25) is 0 Å². The molecule has 3 heteroatoms. The van der Waals surface area contributed by atoms with Gasteiger partial charge in [-0.25, -0.2) is 4.79 Å². The molecule has 0 aromatic heterocycles. The van der Waals surface area contributed by atoms with Crippen molar-refractivity contribution in [1.82, 2.24) is 0 Å². The van der Waals surface area contributed by atoms with Gasteiger partial charge >= 0.3 is 5.97 Å². The van der Waals surface area contributed by atoms with Crippen LogP contribution in [0.25, 0.3) is 0 Å². The Balaban J connectivity index is 2.48. The van der Waals surface area contributed by atoms with E-state index in [1.807, 2.05) is 13.0 Å². The Kier molecular flexibility index (Phi) is 4.99. The zero-order valence-electron chi connectivity index (χ0n) is 9.77. The number of benzene rings is 1.